The van der Waals surface area contributed by atoms with Gasteiger partial charge >= 0.3 is 7.12 Å². The number of nitrogens with one attached hydrogen (secondary N) is 1. The molecular weight excluding hydrogens is 477 g/mol. The van der Waals surface area contributed by atoms with Crippen molar-refractivity contribution < 1.29 is 18.9 Å². The summed E-state index contributed by atoms with van der Waals surface area (Å²) in [5, 5.41) is 7.72. The summed E-state index contributed by atoms with van der Waals surface area (Å²) in [6.45, 7) is 7.90. The van der Waals surface area contributed by atoms with Crippen LogP contribution in [0.2, 0.25) is 5.02 Å². The van der Waals surface area contributed by atoms with Gasteiger partial charge in [0.15, 0.2) is 5.78 Å². The highest BCUT2D eigenvalue weighted by atomic mass is 35.5. The summed E-state index contributed by atoms with van der Waals surface area (Å²) in [5.41, 5.74) is 1.01. The number of carbonyl (C=O) groups excluding carboxylic acids is 2. The molecule has 2 aliphatic rings. The van der Waals surface area contributed by atoms with E-state index in [1.807, 2.05) is 58.0 Å². The van der Waals surface area contributed by atoms with Gasteiger partial charge in [-0.2, -0.15) is 5.10 Å². The number of hydrogen-bond donors (Lipinski definition) is 1. The number of para-hydroxylation sites is 1. The van der Waals surface area contributed by atoms with E-state index in [1.54, 1.807) is 28.9 Å². The second kappa shape index (κ2) is 9.18. The molecular formula is C27H29BClN3O4. The molecule has 1 N–H and O–H groups in total. The van der Waals surface area contributed by atoms with Gasteiger partial charge in [-0.3, -0.25) is 9.59 Å². The van der Waals surface area contributed by atoms with Gasteiger partial charge in [-0.15, -0.1) is 0 Å². The van der Waals surface area contributed by atoms with Crippen LogP contribution in [0.5, 0.6) is 0 Å². The van der Waals surface area contributed by atoms with Crippen LogP contribution in [0.1, 0.15) is 67.8 Å². The molecule has 2 fully saturated rings. The first-order chi connectivity index (χ1) is 17.0. The van der Waals surface area contributed by atoms with E-state index in [1.165, 1.54) is 0 Å². The molecule has 36 heavy (non-hydrogen) atoms. The number of benzene rings is 2. The molecule has 1 aromatic heterocycles. The Hall–Kier alpha value is -2.94. The van der Waals surface area contributed by atoms with Gasteiger partial charge in [0.05, 0.1) is 27.5 Å². The second-order valence-corrected chi connectivity index (χ2v) is 10.9. The molecule has 1 aliphatic carbocycles. The highest BCUT2D eigenvalue weighted by molar-refractivity contribution is 6.62. The molecule has 0 spiro atoms. The average molecular weight is 506 g/mol. The second-order valence-electron chi connectivity index (χ2n) is 10.5. The number of carbonyl (C=O) groups is 2. The van der Waals surface area contributed by atoms with Gasteiger partial charge in [-0.05, 0) is 76.2 Å². The zero-order chi connectivity index (χ0) is 25.7. The van der Waals surface area contributed by atoms with E-state index < -0.39 is 24.2 Å². The van der Waals surface area contributed by atoms with E-state index in [9.17, 15) is 9.59 Å². The van der Waals surface area contributed by atoms with Crippen molar-refractivity contribution in [3.63, 3.8) is 0 Å². The number of hydrogen-bond acceptors (Lipinski definition) is 5. The lowest BCUT2D eigenvalue weighted by Crippen LogP contribution is -2.41. The van der Waals surface area contributed by atoms with Crippen molar-refractivity contribution in [2.75, 3.05) is 5.32 Å². The maximum absolute atomic E-state index is 13.4. The van der Waals surface area contributed by atoms with Crippen molar-refractivity contribution >= 4 is 41.7 Å². The van der Waals surface area contributed by atoms with E-state index >= 15 is 0 Å². The molecule has 5 rings (SSSR count). The van der Waals surface area contributed by atoms with Crippen molar-refractivity contribution in [3.05, 3.63) is 70.9 Å². The number of Topliss-reactive ketones (excluding diaryl/α,β-unsaturated/α-hetero) is 1. The molecule has 0 radical (unpaired) electrons. The monoisotopic (exact) mass is 505 g/mol. The number of ketones is 1. The number of aromatic nitrogens is 2. The van der Waals surface area contributed by atoms with Gasteiger partial charge in [0.1, 0.15) is 11.5 Å². The predicted octanol–water partition coefficient (Wildman–Crippen LogP) is 5.06. The summed E-state index contributed by atoms with van der Waals surface area (Å²) in [6.07, 6.45) is 2.62. The fraction of sp³-hybridized carbons (Fsp3) is 0.370. The van der Waals surface area contributed by atoms with Crippen molar-refractivity contribution in [2.45, 2.75) is 58.2 Å². The lowest BCUT2D eigenvalue weighted by atomic mass is 9.78. The summed E-state index contributed by atoms with van der Waals surface area (Å²) in [6, 6.07) is 16.1. The van der Waals surface area contributed by atoms with Crippen LogP contribution in [-0.4, -0.2) is 39.8 Å². The topological polar surface area (TPSA) is 82.5 Å². The van der Waals surface area contributed by atoms with Crippen molar-refractivity contribution in [1.29, 1.82) is 0 Å². The summed E-state index contributed by atoms with van der Waals surface area (Å²) >= 11 is 6.43. The number of anilines is 1. The van der Waals surface area contributed by atoms with Crippen LogP contribution in [-0.2, 0) is 9.31 Å². The molecule has 9 heteroatoms. The Morgan fingerprint density at radius 1 is 1.06 bits per heavy atom. The van der Waals surface area contributed by atoms with Crippen LogP contribution >= 0.6 is 11.6 Å². The Morgan fingerprint density at radius 3 is 2.36 bits per heavy atom. The highest BCUT2D eigenvalue weighted by Crippen LogP contribution is 2.37. The van der Waals surface area contributed by atoms with Gasteiger partial charge in [-0.1, -0.05) is 35.9 Å². The van der Waals surface area contributed by atoms with Gasteiger partial charge in [0.2, 0.25) is 0 Å². The van der Waals surface area contributed by atoms with Crippen LogP contribution in [0, 0.1) is 5.92 Å². The molecule has 186 valence electrons. The van der Waals surface area contributed by atoms with E-state index in [4.69, 9.17) is 20.9 Å². The van der Waals surface area contributed by atoms with E-state index in [2.05, 4.69) is 10.4 Å². The van der Waals surface area contributed by atoms with Crippen LogP contribution in [0.4, 0.5) is 5.82 Å². The largest absolute Gasteiger partial charge is 0.494 e. The summed E-state index contributed by atoms with van der Waals surface area (Å²) in [4.78, 5) is 26.2. The molecule has 0 bridgehead atoms. The Bertz CT molecular complexity index is 1300. The molecule has 3 aromatic rings. The average Bonchev–Trinajstić information content (AvgIpc) is 3.49. The first kappa shape index (κ1) is 24.7. The Labute approximate surface area is 216 Å². The molecule has 1 saturated heterocycles. The molecule has 2 heterocycles. The molecule has 7 nitrogen and oxygen atoms in total. The minimum Gasteiger partial charge on any atom is -0.399 e. The van der Waals surface area contributed by atoms with Crippen LogP contribution in [0.15, 0.2) is 54.6 Å². The molecule has 1 saturated carbocycles. The molecule has 1 amide bonds. The minimum absolute atomic E-state index is 0.0246. The normalized spacial score (nSPS) is 18.3. The lowest BCUT2D eigenvalue weighted by Gasteiger charge is -2.32. The minimum atomic E-state index is -0.625. The Morgan fingerprint density at radius 2 is 1.72 bits per heavy atom. The molecule has 2 aromatic carbocycles. The zero-order valence-electron chi connectivity index (χ0n) is 20.9. The standard InChI is InChI=1S/C27H29BClN3O4/c1-26(2)27(3,4)36-28(35-26)18-12-13-21(29)20(15-18)25(34)30-24-16-22(23(33)14-17-10-11-17)31-32(24)19-8-6-5-7-9-19/h5-9,12-13,15-17H,10-11,14H2,1-4H3,(H,30,34). The Balaban J connectivity index is 1.43. The Kier molecular flexibility index (Phi) is 6.31. The lowest BCUT2D eigenvalue weighted by molar-refractivity contribution is 0.00578. The number of amides is 1. The van der Waals surface area contributed by atoms with Crippen LogP contribution in [0.3, 0.4) is 0 Å². The van der Waals surface area contributed by atoms with Crippen molar-refractivity contribution in [3.8, 4) is 5.69 Å². The van der Waals surface area contributed by atoms with Crippen LogP contribution in [0.25, 0.3) is 5.69 Å². The summed E-state index contributed by atoms with van der Waals surface area (Å²) in [5.74, 6) is 0.386. The van der Waals surface area contributed by atoms with Crippen molar-refractivity contribution in [2.24, 2.45) is 5.92 Å². The number of nitrogens with zero attached hydrogens (tertiary/aromatic N) is 2. The fourth-order valence-electron chi connectivity index (χ4n) is 4.09. The maximum Gasteiger partial charge on any atom is 0.494 e. The van der Waals surface area contributed by atoms with E-state index in [0.717, 1.165) is 18.5 Å². The summed E-state index contributed by atoms with van der Waals surface area (Å²) in [7, 11) is -0.625. The first-order valence-corrected chi connectivity index (χ1v) is 12.6. The molecule has 0 atom stereocenters. The maximum atomic E-state index is 13.4. The smallest absolute Gasteiger partial charge is 0.399 e. The molecule has 0 unspecified atom stereocenters. The first-order valence-electron chi connectivity index (χ1n) is 12.2. The third-order valence-corrected chi connectivity index (χ3v) is 7.50. The number of rotatable bonds is 7. The molecule has 1 aliphatic heterocycles. The third kappa shape index (κ3) is 4.85. The predicted molar refractivity (Wildman–Crippen MR) is 140 cm³/mol. The van der Waals surface area contributed by atoms with E-state index in [-0.39, 0.29) is 11.3 Å². The van der Waals surface area contributed by atoms with Crippen LogP contribution < -0.4 is 10.8 Å². The van der Waals surface area contributed by atoms with Gasteiger partial charge in [0, 0.05) is 12.5 Å². The number of halogens is 1. The summed E-state index contributed by atoms with van der Waals surface area (Å²) < 4.78 is 13.8. The van der Waals surface area contributed by atoms with Gasteiger partial charge in [0.25, 0.3) is 5.91 Å². The highest BCUT2D eigenvalue weighted by Gasteiger charge is 2.51. The van der Waals surface area contributed by atoms with Gasteiger partial charge < -0.3 is 14.6 Å². The zero-order valence-corrected chi connectivity index (χ0v) is 21.6. The SMILES string of the molecule is CC1(C)OB(c2ccc(Cl)c(C(=O)Nc3cc(C(=O)CC4CC4)nn3-c3ccccc3)c2)OC1(C)C. The fourth-order valence-corrected chi connectivity index (χ4v) is 4.29. The quantitative estimate of drug-likeness (QED) is 0.358. The third-order valence-electron chi connectivity index (χ3n) is 7.17. The van der Waals surface area contributed by atoms with Crippen molar-refractivity contribution in [1.82, 2.24) is 9.78 Å². The van der Waals surface area contributed by atoms with Gasteiger partial charge in [-0.25, -0.2) is 4.68 Å². The van der Waals surface area contributed by atoms with E-state index in [0.29, 0.717) is 34.3 Å².